The van der Waals surface area contributed by atoms with Crippen molar-refractivity contribution < 1.29 is 9.63 Å². The zero-order valence-corrected chi connectivity index (χ0v) is 7.71. The SMILES string of the molecule is CCCCON1CCC(=O)CC1. The Morgan fingerprint density at radius 3 is 2.67 bits per heavy atom. The smallest absolute Gasteiger partial charge is 0.135 e. The van der Waals surface area contributed by atoms with Crippen LogP contribution in [0.15, 0.2) is 0 Å². The van der Waals surface area contributed by atoms with Crippen molar-refractivity contribution in [1.82, 2.24) is 5.06 Å². The Morgan fingerprint density at radius 1 is 1.42 bits per heavy atom. The maximum atomic E-state index is 10.9. The number of hydrogen-bond donors (Lipinski definition) is 0. The van der Waals surface area contributed by atoms with E-state index in [0.717, 1.165) is 32.5 Å². The third kappa shape index (κ3) is 3.32. The molecule has 0 amide bonds. The van der Waals surface area contributed by atoms with Crippen molar-refractivity contribution in [3.63, 3.8) is 0 Å². The van der Waals surface area contributed by atoms with Gasteiger partial charge in [-0.1, -0.05) is 13.3 Å². The molecule has 0 aromatic heterocycles. The Kier molecular flexibility index (Phi) is 4.25. The molecule has 0 bridgehead atoms. The van der Waals surface area contributed by atoms with Crippen LogP contribution in [0.3, 0.4) is 0 Å². The second-order valence-corrected chi connectivity index (χ2v) is 3.15. The molecule has 0 spiro atoms. The molecule has 0 aromatic rings. The summed E-state index contributed by atoms with van der Waals surface area (Å²) in [6.45, 7) is 4.50. The Bertz CT molecular complexity index is 137. The van der Waals surface area contributed by atoms with Crippen molar-refractivity contribution in [3.8, 4) is 0 Å². The standard InChI is InChI=1S/C9H17NO2/c1-2-3-8-12-10-6-4-9(11)5-7-10/h2-8H2,1H3. The number of carbonyl (C=O) groups is 1. The van der Waals surface area contributed by atoms with Crippen LogP contribution in [0.1, 0.15) is 32.6 Å². The van der Waals surface area contributed by atoms with Gasteiger partial charge in [-0.05, 0) is 6.42 Å². The Balaban J connectivity index is 2.05. The number of hydroxylamine groups is 2. The molecule has 3 nitrogen and oxygen atoms in total. The molecule has 1 fully saturated rings. The second-order valence-electron chi connectivity index (χ2n) is 3.15. The molecule has 0 N–H and O–H groups in total. The van der Waals surface area contributed by atoms with E-state index >= 15 is 0 Å². The lowest BCUT2D eigenvalue weighted by Crippen LogP contribution is -2.34. The lowest BCUT2D eigenvalue weighted by Gasteiger charge is -2.24. The molecule has 12 heavy (non-hydrogen) atoms. The topological polar surface area (TPSA) is 29.5 Å². The molecule has 0 aliphatic carbocycles. The van der Waals surface area contributed by atoms with E-state index in [1.165, 1.54) is 0 Å². The normalized spacial score (nSPS) is 19.9. The second kappa shape index (κ2) is 5.27. The number of carbonyl (C=O) groups excluding carboxylic acids is 1. The van der Waals surface area contributed by atoms with E-state index in [9.17, 15) is 4.79 Å². The molecule has 0 unspecified atom stereocenters. The van der Waals surface area contributed by atoms with Gasteiger partial charge in [-0.15, -0.1) is 0 Å². The van der Waals surface area contributed by atoms with E-state index in [2.05, 4.69) is 6.92 Å². The van der Waals surface area contributed by atoms with Crippen LogP contribution in [0.5, 0.6) is 0 Å². The molecule has 1 heterocycles. The predicted molar refractivity (Wildman–Crippen MR) is 46.7 cm³/mol. The highest BCUT2D eigenvalue weighted by Gasteiger charge is 2.15. The number of hydrogen-bond acceptors (Lipinski definition) is 3. The van der Waals surface area contributed by atoms with Crippen LogP contribution in [0.25, 0.3) is 0 Å². The van der Waals surface area contributed by atoms with Crippen LogP contribution in [-0.2, 0) is 9.63 Å². The minimum atomic E-state index is 0.366. The van der Waals surface area contributed by atoms with E-state index in [-0.39, 0.29) is 0 Å². The molecule has 3 heteroatoms. The van der Waals surface area contributed by atoms with E-state index < -0.39 is 0 Å². The van der Waals surface area contributed by atoms with Gasteiger partial charge in [0.05, 0.1) is 6.61 Å². The molecule has 1 rings (SSSR count). The summed E-state index contributed by atoms with van der Waals surface area (Å²) >= 11 is 0. The summed E-state index contributed by atoms with van der Waals surface area (Å²) < 4.78 is 0. The predicted octanol–water partition coefficient (Wildman–Crippen LogP) is 1.38. The van der Waals surface area contributed by atoms with Crippen LogP contribution in [-0.4, -0.2) is 30.5 Å². The van der Waals surface area contributed by atoms with Crippen molar-refractivity contribution in [2.75, 3.05) is 19.7 Å². The molecule has 70 valence electrons. The highest BCUT2D eigenvalue weighted by molar-refractivity contribution is 5.79. The van der Waals surface area contributed by atoms with Gasteiger partial charge in [-0.25, -0.2) is 0 Å². The molecule has 1 saturated heterocycles. The fourth-order valence-electron chi connectivity index (χ4n) is 1.20. The lowest BCUT2D eigenvalue weighted by atomic mass is 10.1. The number of Topliss-reactive ketones (excluding diaryl/α,β-unsaturated/α-hetero) is 1. The molecule has 1 aliphatic rings. The minimum absolute atomic E-state index is 0.366. The summed E-state index contributed by atoms with van der Waals surface area (Å²) in [6, 6.07) is 0. The van der Waals surface area contributed by atoms with Gasteiger partial charge < -0.3 is 0 Å². The van der Waals surface area contributed by atoms with E-state index in [1.54, 1.807) is 0 Å². The van der Waals surface area contributed by atoms with Gasteiger partial charge in [0.25, 0.3) is 0 Å². The fourth-order valence-corrected chi connectivity index (χ4v) is 1.20. The Hall–Kier alpha value is -0.410. The largest absolute Gasteiger partial charge is 0.300 e. The molecule has 1 aliphatic heterocycles. The van der Waals surface area contributed by atoms with Gasteiger partial charge in [0.2, 0.25) is 0 Å². The van der Waals surface area contributed by atoms with E-state index in [1.807, 2.05) is 5.06 Å². The zero-order chi connectivity index (χ0) is 8.81. The highest BCUT2D eigenvalue weighted by Crippen LogP contribution is 2.06. The summed E-state index contributed by atoms with van der Waals surface area (Å²) in [4.78, 5) is 16.3. The summed E-state index contributed by atoms with van der Waals surface area (Å²) in [5, 5.41) is 1.91. The van der Waals surface area contributed by atoms with Crippen molar-refractivity contribution in [3.05, 3.63) is 0 Å². The Labute approximate surface area is 73.6 Å². The molecular formula is C9H17NO2. The monoisotopic (exact) mass is 171 g/mol. The zero-order valence-electron chi connectivity index (χ0n) is 7.71. The summed E-state index contributed by atoms with van der Waals surface area (Å²) in [5.74, 6) is 0.366. The number of rotatable bonds is 4. The first-order valence-corrected chi connectivity index (χ1v) is 4.72. The molecule has 0 atom stereocenters. The molecule has 0 radical (unpaired) electrons. The number of piperidine rings is 1. The van der Waals surface area contributed by atoms with Gasteiger partial charge >= 0.3 is 0 Å². The third-order valence-corrected chi connectivity index (χ3v) is 2.05. The molecule has 0 saturated carbocycles. The summed E-state index contributed by atoms with van der Waals surface area (Å²) in [7, 11) is 0. The number of unbranched alkanes of at least 4 members (excludes halogenated alkanes) is 1. The first kappa shape index (κ1) is 9.68. The van der Waals surface area contributed by atoms with E-state index in [0.29, 0.717) is 18.6 Å². The highest BCUT2D eigenvalue weighted by atomic mass is 16.7. The fraction of sp³-hybridized carbons (Fsp3) is 0.889. The van der Waals surface area contributed by atoms with Gasteiger partial charge in [0.15, 0.2) is 0 Å². The van der Waals surface area contributed by atoms with Crippen LogP contribution in [0.2, 0.25) is 0 Å². The lowest BCUT2D eigenvalue weighted by molar-refractivity contribution is -0.173. The quantitative estimate of drug-likeness (QED) is 0.598. The van der Waals surface area contributed by atoms with Gasteiger partial charge in [0, 0.05) is 25.9 Å². The van der Waals surface area contributed by atoms with Gasteiger partial charge in [0.1, 0.15) is 5.78 Å². The average Bonchev–Trinajstić information content (AvgIpc) is 2.09. The van der Waals surface area contributed by atoms with Crippen molar-refractivity contribution in [2.24, 2.45) is 0 Å². The van der Waals surface area contributed by atoms with E-state index in [4.69, 9.17) is 4.84 Å². The van der Waals surface area contributed by atoms with Gasteiger partial charge in [-0.3, -0.25) is 9.63 Å². The van der Waals surface area contributed by atoms with Crippen molar-refractivity contribution in [2.45, 2.75) is 32.6 Å². The van der Waals surface area contributed by atoms with Crippen molar-refractivity contribution in [1.29, 1.82) is 0 Å². The first-order valence-electron chi connectivity index (χ1n) is 4.72. The van der Waals surface area contributed by atoms with Gasteiger partial charge in [-0.2, -0.15) is 5.06 Å². The third-order valence-electron chi connectivity index (χ3n) is 2.05. The van der Waals surface area contributed by atoms with Crippen LogP contribution in [0, 0.1) is 0 Å². The Morgan fingerprint density at radius 2 is 2.08 bits per heavy atom. The molecular weight excluding hydrogens is 154 g/mol. The number of ketones is 1. The van der Waals surface area contributed by atoms with Crippen LogP contribution >= 0.6 is 0 Å². The maximum absolute atomic E-state index is 10.9. The van der Waals surface area contributed by atoms with Crippen LogP contribution < -0.4 is 0 Å². The van der Waals surface area contributed by atoms with Crippen molar-refractivity contribution >= 4 is 5.78 Å². The summed E-state index contributed by atoms with van der Waals surface area (Å²) in [6.07, 6.45) is 3.58. The summed E-state index contributed by atoms with van der Waals surface area (Å²) in [5.41, 5.74) is 0. The van der Waals surface area contributed by atoms with Crippen LogP contribution in [0.4, 0.5) is 0 Å². The maximum Gasteiger partial charge on any atom is 0.135 e. The first-order chi connectivity index (χ1) is 5.83. The minimum Gasteiger partial charge on any atom is -0.300 e. The number of nitrogens with zero attached hydrogens (tertiary/aromatic N) is 1. The average molecular weight is 171 g/mol. The molecule has 0 aromatic carbocycles.